The smallest absolute Gasteiger partial charge is 0.387 e. The average Bonchev–Trinajstić information content (AvgIpc) is 2.40. The van der Waals surface area contributed by atoms with Crippen LogP contribution in [0.4, 0.5) is 8.78 Å². The third-order valence-electron chi connectivity index (χ3n) is 2.43. The molecule has 0 fully saturated rings. The van der Waals surface area contributed by atoms with Crippen molar-refractivity contribution < 1.29 is 23.0 Å². The summed E-state index contributed by atoms with van der Waals surface area (Å²) >= 11 is 0. The second-order valence-corrected chi connectivity index (χ2v) is 3.80. The number of ether oxygens (including phenoxy) is 2. The van der Waals surface area contributed by atoms with E-state index in [9.17, 15) is 13.6 Å². The molecule has 20 heavy (non-hydrogen) atoms. The number of carbonyl (C=O) groups is 1. The molecule has 0 heterocycles. The van der Waals surface area contributed by atoms with Crippen LogP contribution >= 0.6 is 0 Å². The van der Waals surface area contributed by atoms with Crippen molar-refractivity contribution in [3.8, 4) is 5.75 Å². The van der Waals surface area contributed by atoms with Crippen molar-refractivity contribution in [3.05, 3.63) is 42.5 Å². The van der Waals surface area contributed by atoms with Crippen LogP contribution in [0.25, 0.3) is 0 Å². The molecule has 0 spiro atoms. The van der Waals surface area contributed by atoms with Gasteiger partial charge in [-0.3, -0.25) is 5.32 Å². The van der Waals surface area contributed by atoms with E-state index in [-0.39, 0.29) is 12.4 Å². The van der Waals surface area contributed by atoms with Crippen molar-refractivity contribution in [3.63, 3.8) is 0 Å². The summed E-state index contributed by atoms with van der Waals surface area (Å²) in [5.74, 6) is -0.614. The lowest BCUT2D eigenvalue weighted by atomic mass is 10.1. The number of nitrogens with one attached hydrogen (secondary N) is 1. The third-order valence-corrected chi connectivity index (χ3v) is 2.43. The molecule has 1 aromatic carbocycles. The minimum Gasteiger partial charge on any atom is -0.465 e. The van der Waals surface area contributed by atoms with Crippen molar-refractivity contribution in [2.45, 2.75) is 19.6 Å². The third kappa shape index (κ3) is 4.62. The van der Waals surface area contributed by atoms with Crippen LogP contribution in [0, 0.1) is 0 Å². The lowest BCUT2D eigenvalue weighted by Crippen LogP contribution is -2.31. The summed E-state index contributed by atoms with van der Waals surface area (Å²) in [7, 11) is 0. The SMILES string of the molecule is C=CCNC(C(=O)OCC)c1ccccc1OC(F)F. The fourth-order valence-corrected chi connectivity index (χ4v) is 1.67. The van der Waals surface area contributed by atoms with Crippen LogP contribution in [-0.2, 0) is 9.53 Å². The van der Waals surface area contributed by atoms with Crippen LogP contribution in [0.3, 0.4) is 0 Å². The summed E-state index contributed by atoms with van der Waals surface area (Å²) in [6.07, 6.45) is 1.56. The molecule has 0 aliphatic carbocycles. The molecule has 110 valence electrons. The van der Waals surface area contributed by atoms with Crippen molar-refractivity contribution in [2.24, 2.45) is 0 Å². The summed E-state index contributed by atoms with van der Waals surface area (Å²) in [5.41, 5.74) is 0.299. The molecule has 0 aliphatic heterocycles. The maximum absolute atomic E-state index is 12.4. The minimum atomic E-state index is -2.96. The average molecular weight is 285 g/mol. The maximum atomic E-state index is 12.4. The Morgan fingerprint density at radius 3 is 2.75 bits per heavy atom. The highest BCUT2D eigenvalue weighted by atomic mass is 19.3. The summed E-state index contributed by atoms with van der Waals surface area (Å²) in [4.78, 5) is 11.9. The first-order valence-electron chi connectivity index (χ1n) is 6.14. The van der Waals surface area contributed by atoms with Gasteiger partial charge < -0.3 is 9.47 Å². The molecule has 0 saturated heterocycles. The quantitative estimate of drug-likeness (QED) is 0.589. The second kappa shape index (κ2) is 8.27. The van der Waals surface area contributed by atoms with E-state index in [4.69, 9.17) is 4.74 Å². The first-order valence-corrected chi connectivity index (χ1v) is 6.14. The van der Waals surface area contributed by atoms with Gasteiger partial charge in [0.25, 0.3) is 0 Å². The normalized spacial score (nSPS) is 12.0. The monoisotopic (exact) mass is 285 g/mol. The van der Waals surface area contributed by atoms with Gasteiger partial charge in [-0.2, -0.15) is 8.78 Å². The van der Waals surface area contributed by atoms with Crippen LogP contribution < -0.4 is 10.1 Å². The molecule has 0 aromatic heterocycles. The van der Waals surface area contributed by atoms with Gasteiger partial charge in [-0.1, -0.05) is 24.3 Å². The van der Waals surface area contributed by atoms with E-state index in [1.165, 1.54) is 12.1 Å². The van der Waals surface area contributed by atoms with Crippen molar-refractivity contribution in [1.29, 1.82) is 0 Å². The Hall–Kier alpha value is -1.95. The number of hydrogen-bond donors (Lipinski definition) is 1. The highest BCUT2D eigenvalue weighted by Gasteiger charge is 2.25. The van der Waals surface area contributed by atoms with Gasteiger partial charge in [-0.25, -0.2) is 4.79 Å². The van der Waals surface area contributed by atoms with Crippen LogP contribution in [0.1, 0.15) is 18.5 Å². The van der Waals surface area contributed by atoms with E-state index < -0.39 is 18.6 Å². The Labute approximate surface area is 116 Å². The summed E-state index contributed by atoms with van der Waals surface area (Å²) < 4.78 is 34.1. The first-order chi connectivity index (χ1) is 9.60. The van der Waals surface area contributed by atoms with E-state index in [1.807, 2.05) is 0 Å². The van der Waals surface area contributed by atoms with Crippen LogP contribution in [0.5, 0.6) is 5.75 Å². The highest BCUT2D eigenvalue weighted by molar-refractivity contribution is 5.78. The van der Waals surface area contributed by atoms with Gasteiger partial charge in [0, 0.05) is 12.1 Å². The van der Waals surface area contributed by atoms with E-state index in [0.717, 1.165) is 0 Å². The number of hydrogen-bond acceptors (Lipinski definition) is 4. The molecule has 6 heteroatoms. The van der Waals surface area contributed by atoms with Gasteiger partial charge in [0.2, 0.25) is 0 Å². The minimum absolute atomic E-state index is 0.0582. The Morgan fingerprint density at radius 2 is 2.15 bits per heavy atom. The Bertz CT molecular complexity index is 452. The van der Waals surface area contributed by atoms with Crippen LogP contribution in [0.15, 0.2) is 36.9 Å². The van der Waals surface area contributed by atoms with E-state index in [2.05, 4.69) is 16.6 Å². The van der Waals surface area contributed by atoms with Crippen LogP contribution in [-0.4, -0.2) is 25.7 Å². The highest BCUT2D eigenvalue weighted by Crippen LogP contribution is 2.27. The molecular weight excluding hydrogens is 268 g/mol. The number of para-hydroxylation sites is 1. The molecule has 0 aliphatic rings. The summed E-state index contributed by atoms with van der Waals surface area (Å²) in [5, 5.41) is 2.87. The predicted molar refractivity (Wildman–Crippen MR) is 70.6 cm³/mol. The molecule has 1 rings (SSSR count). The van der Waals surface area contributed by atoms with Gasteiger partial charge in [-0.15, -0.1) is 6.58 Å². The van der Waals surface area contributed by atoms with E-state index in [1.54, 1.807) is 25.1 Å². The second-order valence-electron chi connectivity index (χ2n) is 3.80. The fourth-order valence-electron chi connectivity index (χ4n) is 1.67. The Morgan fingerprint density at radius 1 is 1.45 bits per heavy atom. The molecule has 1 atom stereocenters. The van der Waals surface area contributed by atoms with Crippen LogP contribution in [0.2, 0.25) is 0 Å². The molecule has 1 N–H and O–H groups in total. The van der Waals surface area contributed by atoms with E-state index in [0.29, 0.717) is 12.1 Å². The maximum Gasteiger partial charge on any atom is 0.387 e. The summed E-state index contributed by atoms with van der Waals surface area (Å²) in [6.45, 7) is 2.77. The van der Waals surface area contributed by atoms with Gasteiger partial charge in [0.15, 0.2) is 0 Å². The zero-order valence-corrected chi connectivity index (χ0v) is 11.1. The fraction of sp³-hybridized carbons (Fsp3) is 0.357. The predicted octanol–water partition coefficient (Wildman–Crippen LogP) is 2.67. The number of benzene rings is 1. The standard InChI is InChI=1S/C14H17F2NO3/c1-3-9-17-12(13(18)19-4-2)10-7-5-6-8-11(10)20-14(15)16/h3,5-8,12,14,17H,1,4,9H2,2H3. The van der Waals surface area contributed by atoms with Gasteiger partial charge >= 0.3 is 12.6 Å². The molecule has 0 bridgehead atoms. The zero-order chi connectivity index (χ0) is 15.0. The molecule has 4 nitrogen and oxygen atoms in total. The van der Waals surface area contributed by atoms with Gasteiger partial charge in [0.1, 0.15) is 11.8 Å². The molecule has 0 radical (unpaired) electrons. The molecule has 1 aromatic rings. The number of halogens is 2. The van der Waals surface area contributed by atoms with E-state index >= 15 is 0 Å². The first kappa shape index (κ1) is 16.1. The lowest BCUT2D eigenvalue weighted by molar-refractivity contribution is -0.146. The Balaban J connectivity index is 3.05. The molecular formula is C14H17F2NO3. The molecule has 1 unspecified atom stereocenters. The Kier molecular flexibility index (Phi) is 6.66. The lowest BCUT2D eigenvalue weighted by Gasteiger charge is -2.19. The number of carbonyl (C=O) groups excluding carboxylic acids is 1. The summed E-state index contributed by atoms with van der Waals surface area (Å²) in [6, 6.07) is 5.22. The molecule has 0 amide bonds. The number of rotatable bonds is 8. The zero-order valence-electron chi connectivity index (χ0n) is 11.1. The van der Waals surface area contributed by atoms with Crippen molar-refractivity contribution in [1.82, 2.24) is 5.32 Å². The van der Waals surface area contributed by atoms with Crippen molar-refractivity contribution in [2.75, 3.05) is 13.2 Å². The van der Waals surface area contributed by atoms with Gasteiger partial charge in [0.05, 0.1) is 6.61 Å². The van der Waals surface area contributed by atoms with Crippen molar-refractivity contribution >= 4 is 5.97 Å². The topological polar surface area (TPSA) is 47.6 Å². The number of alkyl halides is 2. The number of esters is 1. The van der Waals surface area contributed by atoms with Gasteiger partial charge in [-0.05, 0) is 13.0 Å². The molecule has 0 saturated carbocycles. The largest absolute Gasteiger partial charge is 0.465 e.